The van der Waals surface area contributed by atoms with Gasteiger partial charge in [-0.3, -0.25) is 20.7 Å². The molecular weight excluding hydrogens is 464 g/mol. The van der Waals surface area contributed by atoms with Crippen LogP contribution in [0.15, 0.2) is 54.6 Å². The Hall–Kier alpha value is -4.41. The third-order valence-corrected chi connectivity index (χ3v) is 4.79. The van der Waals surface area contributed by atoms with Crippen molar-refractivity contribution >= 4 is 35.0 Å². The maximum Gasteiger partial charge on any atom is 0.412 e. The van der Waals surface area contributed by atoms with E-state index in [0.717, 1.165) is 0 Å². The molecule has 1 aromatic heterocycles. The van der Waals surface area contributed by atoms with Crippen molar-refractivity contribution in [3.05, 3.63) is 70.4 Å². The second kappa shape index (κ2) is 10.1. The average molecular weight is 495 g/mol. The number of amides is 3. The number of carbonyl (C=O) groups excluding carboxylic acids is 2. The summed E-state index contributed by atoms with van der Waals surface area (Å²) < 4.78 is 6.68. The Kier molecular flexibility index (Phi) is 7.32. The first-order valence-corrected chi connectivity index (χ1v) is 11.2. The summed E-state index contributed by atoms with van der Waals surface area (Å²) in [5.74, 6) is 0.348. The quantitative estimate of drug-likeness (QED) is 0.290. The Morgan fingerprint density at radius 3 is 2.08 bits per heavy atom. The standard InChI is InChI=1S/C25H30N6O5/c1-24(2,3)20-15-21(30(29-20)18-8-7-9-19(14-18)31(34)35)28-22(32)26-16-10-12-17(13-11-16)27-23(33)36-25(4,5)6/h7-15H,1-6H3,(H,27,33)(H2,26,28,32). The van der Waals surface area contributed by atoms with E-state index in [0.29, 0.717) is 28.6 Å². The lowest BCUT2D eigenvalue weighted by molar-refractivity contribution is -0.384. The minimum atomic E-state index is -0.617. The van der Waals surface area contributed by atoms with E-state index >= 15 is 0 Å². The maximum absolute atomic E-state index is 12.8. The molecule has 0 aliphatic heterocycles. The highest BCUT2D eigenvalue weighted by Gasteiger charge is 2.22. The van der Waals surface area contributed by atoms with Crippen LogP contribution in [0.5, 0.6) is 0 Å². The molecule has 36 heavy (non-hydrogen) atoms. The first-order chi connectivity index (χ1) is 16.7. The average Bonchev–Trinajstić information content (AvgIpc) is 3.18. The Labute approximate surface area is 209 Å². The summed E-state index contributed by atoms with van der Waals surface area (Å²) in [5, 5.41) is 23.9. The van der Waals surface area contributed by atoms with Gasteiger partial charge in [-0.1, -0.05) is 26.8 Å². The van der Waals surface area contributed by atoms with E-state index in [1.807, 2.05) is 20.8 Å². The van der Waals surface area contributed by atoms with Crippen LogP contribution in [0.1, 0.15) is 47.2 Å². The molecule has 3 aromatic rings. The minimum absolute atomic E-state index is 0.0872. The fraction of sp³-hybridized carbons (Fsp3) is 0.320. The van der Waals surface area contributed by atoms with Crippen LogP contribution >= 0.6 is 0 Å². The molecule has 3 N–H and O–H groups in total. The summed E-state index contributed by atoms with van der Waals surface area (Å²) in [6.45, 7) is 11.2. The number of non-ortho nitro benzene ring substituents is 1. The predicted molar refractivity (Wildman–Crippen MR) is 138 cm³/mol. The highest BCUT2D eigenvalue weighted by Crippen LogP contribution is 2.28. The van der Waals surface area contributed by atoms with Crippen LogP contribution in [0, 0.1) is 10.1 Å². The van der Waals surface area contributed by atoms with Crippen molar-refractivity contribution in [3.63, 3.8) is 0 Å². The van der Waals surface area contributed by atoms with E-state index in [-0.39, 0.29) is 11.1 Å². The summed E-state index contributed by atoms with van der Waals surface area (Å²) in [5.41, 5.74) is 1.10. The highest BCUT2D eigenvalue weighted by atomic mass is 16.6. The molecule has 0 atom stereocenters. The number of carbonyl (C=O) groups is 2. The molecule has 1 heterocycles. The van der Waals surface area contributed by atoms with Gasteiger partial charge in [-0.2, -0.15) is 5.10 Å². The minimum Gasteiger partial charge on any atom is -0.444 e. The van der Waals surface area contributed by atoms with Crippen molar-refractivity contribution in [1.82, 2.24) is 9.78 Å². The second-order valence-corrected chi connectivity index (χ2v) is 10.1. The molecular formula is C25H30N6O5. The smallest absolute Gasteiger partial charge is 0.412 e. The van der Waals surface area contributed by atoms with Gasteiger partial charge in [-0.15, -0.1) is 0 Å². The normalized spacial score (nSPS) is 11.5. The number of urea groups is 1. The molecule has 0 saturated heterocycles. The van der Waals surface area contributed by atoms with Crippen molar-refractivity contribution in [2.75, 3.05) is 16.0 Å². The zero-order chi connectivity index (χ0) is 26.7. The molecule has 0 saturated carbocycles. The number of benzene rings is 2. The Bertz CT molecular complexity index is 1270. The lowest BCUT2D eigenvalue weighted by Crippen LogP contribution is -2.27. The Morgan fingerprint density at radius 2 is 1.53 bits per heavy atom. The number of anilines is 3. The predicted octanol–water partition coefficient (Wildman–Crippen LogP) is 6.07. The van der Waals surface area contributed by atoms with Crippen molar-refractivity contribution in [3.8, 4) is 5.69 Å². The van der Waals surface area contributed by atoms with Crippen molar-refractivity contribution in [2.24, 2.45) is 0 Å². The van der Waals surface area contributed by atoms with E-state index in [1.165, 1.54) is 16.8 Å². The molecule has 0 bridgehead atoms. The zero-order valence-corrected chi connectivity index (χ0v) is 21.1. The highest BCUT2D eigenvalue weighted by molar-refractivity contribution is 5.99. The molecule has 0 spiro atoms. The third-order valence-electron chi connectivity index (χ3n) is 4.79. The number of nitrogens with one attached hydrogen (secondary N) is 3. The van der Waals surface area contributed by atoms with Crippen molar-refractivity contribution in [1.29, 1.82) is 0 Å². The van der Waals surface area contributed by atoms with E-state index in [1.54, 1.807) is 63.2 Å². The van der Waals surface area contributed by atoms with Crippen LogP contribution in [0.4, 0.5) is 32.5 Å². The van der Waals surface area contributed by atoms with Crippen molar-refractivity contribution in [2.45, 2.75) is 52.6 Å². The van der Waals surface area contributed by atoms with Crippen LogP contribution in [0.3, 0.4) is 0 Å². The van der Waals surface area contributed by atoms with E-state index in [2.05, 4.69) is 21.0 Å². The van der Waals surface area contributed by atoms with Crippen LogP contribution < -0.4 is 16.0 Å². The molecule has 190 valence electrons. The third kappa shape index (κ3) is 7.05. The first kappa shape index (κ1) is 26.2. The largest absolute Gasteiger partial charge is 0.444 e. The molecule has 2 aromatic carbocycles. The second-order valence-electron chi connectivity index (χ2n) is 10.1. The first-order valence-electron chi connectivity index (χ1n) is 11.2. The molecule has 11 heteroatoms. The summed E-state index contributed by atoms with van der Waals surface area (Å²) in [6.07, 6.45) is -0.579. The fourth-order valence-electron chi connectivity index (χ4n) is 3.11. The lowest BCUT2D eigenvalue weighted by Gasteiger charge is -2.19. The number of nitro groups is 1. The van der Waals surface area contributed by atoms with Gasteiger partial charge in [0.15, 0.2) is 0 Å². The van der Waals surface area contributed by atoms with Crippen LogP contribution in [0.2, 0.25) is 0 Å². The summed E-state index contributed by atoms with van der Waals surface area (Å²) >= 11 is 0. The van der Waals surface area contributed by atoms with Gasteiger partial charge in [0.2, 0.25) is 0 Å². The number of nitrogens with zero attached hydrogens (tertiary/aromatic N) is 3. The van der Waals surface area contributed by atoms with Gasteiger partial charge in [0.1, 0.15) is 11.4 Å². The lowest BCUT2D eigenvalue weighted by atomic mass is 9.92. The van der Waals surface area contributed by atoms with E-state index in [9.17, 15) is 19.7 Å². The summed E-state index contributed by atoms with van der Waals surface area (Å²) in [7, 11) is 0. The van der Waals surface area contributed by atoms with Crippen LogP contribution in [-0.4, -0.2) is 32.4 Å². The Balaban J connectivity index is 1.76. The SMILES string of the molecule is CC(C)(C)OC(=O)Nc1ccc(NC(=O)Nc2cc(C(C)(C)C)nn2-c2cccc([N+](=O)[O-])c2)cc1. The van der Waals surface area contributed by atoms with E-state index < -0.39 is 22.6 Å². The fourth-order valence-corrected chi connectivity index (χ4v) is 3.11. The zero-order valence-electron chi connectivity index (χ0n) is 21.1. The molecule has 0 fully saturated rings. The number of hydrogen-bond acceptors (Lipinski definition) is 6. The van der Waals surface area contributed by atoms with Gasteiger partial charge in [0, 0.05) is 35.0 Å². The van der Waals surface area contributed by atoms with E-state index in [4.69, 9.17) is 4.74 Å². The van der Waals surface area contributed by atoms with Gasteiger partial charge in [-0.05, 0) is 51.1 Å². The summed E-state index contributed by atoms with van der Waals surface area (Å²) in [6, 6.07) is 13.7. The Morgan fingerprint density at radius 1 is 0.917 bits per heavy atom. The molecule has 11 nitrogen and oxygen atoms in total. The molecule has 0 radical (unpaired) electrons. The maximum atomic E-state index is 12.8. The monoisotopic (exact) mass is 494 g/mol. The molecule has 0 unspecified atom stereocenters. The van der Waals surface area contributed by atoms with Crippen LogP contribution in [0.25, 0.3) is 5.69 Å². The number of ether oxygens (including phenoxy) is 1. The molecule has 3 amide bonds. The van der Waals surface area contributed by atoms with Crippen LogP contribution in [-0.2, 0) is 10.2 Å². The van der Waals surface area contributed by atoms with Gasteiger partial charge in [-0.25, -0.2) is 14.3 Å². The summed E-state index contributed by atoms with van der Waals surface area (Å²) in [4.78, 5) is 35.4. The topological polar surface area (TPSA) is 140 Å². The van der Waals surface area contributed by atoms with Gasteiger partial charge in [0.05, 0.1) is 16.3 Å². The van der Waals surface area contributed by atoms with Gasteiger partial charge in [0.25, 0.3) is 5.69 Å². The van der Waals surface area contributed by atoms with Gasteiger partial charge < -0.3 is 10.1 Å². The molecule has 0 aliphatic rings. The number of hydrogen-bond donors (Lipinski definition) is 3. The number of rotatable bonds is 5. The number of nitro benzene ring substituents is 1. The molecule has 3 rings (SSSR count). The van der Waals surface area contributed by atoms with Gasteiger partial charge >= 0.3 is 12.1 Å². The van der Waals surface area contributed by atoms with Crippen molar-refractivity contribution < 1.29 is 19.2 Å². The number of aromatic nitrogens is 2. The molecule has 0 aliphatic carbocycles.